The van der Waals surface area contributed by atoms with Crippen LogP contribution in [0.25, 0.3) is 0 Å². The van der Waals surface area contributed by atoms with Crippen LogP contribution in [0.3, 0.4) is 0 Å². The van der Waals surface area contributed by atoms with Crippen LogP contribution >= 0.6 is 0 Å². The van der Waals surface area contributed by atoms with Gasteiger partial charge in [-0.3, -0.25) is 9.89 Å². The van der Waals surface area contributed by atoms with Crippen LogP contribution < -0.4 is 19.6 Å². The summed E-state index contributed by atoms with van der Waals surface area (Å²) in [5.41, 5.74) is 4.38. The van der Waals surface area contributed by atoms with Gasteiger partial charge >= 0.3 is 5.97 Å². The fourth-order valence-electron chi connectivity index (χ4n) is 2.60. The maximum Gasteiger partial charge on any atom is 0.343 e. The zero-order valence-corrected chi connectivity index (χ0v) is 15.3. The fraction of sp³-hybridized carbons (Fsp3) is 0.100. The van der Waals surface area contributed by atoms with Crippen molar-refractivity contribution in [1.82, 2.24) is 15.6 Å². The van der Waals surface area contributed by atoms with Gasteiger partial charge in [-0.05, 0) is 48.9 Å². The molecule has 0 radical (unpaired) electrons. The van der Waals surface area contributed by atoms with Crippen molar-refractivity contribution in [1.29, 1.82) is 0 Å². The van der Waals surface area contributed by atoms with Crippen molar-refractivity contribution in [2.24, 2.45) is 5.10 Å². The van der Waals surface area contributed by atoms with Gasteiger partial charge in [-0.2, -0.15) is 10.2 Å². The number of fused-ring (bicyclic) bond motifs is 1. The summed E-state index contributed by atoms with van der Waals surface area (Å²) in [5.74, 6) is 0.469. The number of ether oxygens (including phenoxy) is 3. The minimum absolute atomic E-state index is 0.130. The normalized spacial score (nSPS) is 12.2. The molecule has 2 heterocycles. The van der Waals surface area contributed by atoms with Gasteiger partial charge in [0.15, 0.2) is 17.2 Å². The molecule has 0 unspecified atom stereocenters. The van der Waals surface area contributed by atoms with E-state index in [4.69, 9.17) is 14.2 Å². The lowest BCUT2D eigenvalue weighted by atomic mass is 10.2. The quantitative estimate of drug-likeness (QED) is 0.298. The predicted molar refractivity (Wildman–Crippen MR) is 102 cm³/mol. The van der Waals surface area contributed by atoms with Gasteiger partial charge in [0.2, 0.25) is 6.79 Å². The summed E-state index contributed by atoms with van der Waals surface area (Å²) in [4.78, 5) is 24.3. The molecule has 29 heavy (non-hydrogen) atoms. The number of amides is 1. The number of hydrazone groups is 1. The fourth-order valence-corrected chi connectivity index (χ4v) is 2.60. The van der Waals surface area contributed by atoms with Crippen LogP contribution in [0, 0.1) is 6.92 Å². The molecule has 4 rings (SSSR count). The number of hydrogen-bond acceptors (Lipinski definition) is 7. The Kier molecular flexibility index (Phi) is 4.93. The molecule has 0 saturated heterocycles. The molecule has 0 aliphatic carbocycles. The number of benzene rings is 2. The second-order valence-corrected chi connectivity index (χ2v) is 6.17. The molecule has 0 saturated carbocycles. The van der Waals surface area contributed by atoms with Crippen LogP contribution in [-0.2, 0) is 0 Å². The number of nitrogens with zero attached hydrogens (tertiary/aromatic N) is 2. The number of carbonyl (C=O) groups excluding carboxylic acids is 2. The van der Waals surface area contributed by atoms with E-state index in [1.807, 2.05) is 0 Å². The number of carbonyl (C=O) groups is 2. The van der Waals surface area contributed by atoms with Gasteiger partial charge in [0.1, 0.15) is 5.75 Å². The minimum Gasteiger partial charge on any atom is -0.454 e. The molecule has 9 heteroatoms. The summed E-state index contributed by atoms with van der Waals surface area (Å²) < 4.78 is 15.9. The van der Waals surface area contributed by atoms with E-state index in [1.54, 1.807) is 55.5 Å². The number of rotatable bonds is 5. The molecule has 146 valence electrons. The highest BCUT2D eigenvalue weighted by atomic mass is 16.7. The molecule has 0 spiro atoms. The third-order valence-corrected chi connectivity index (χ3v) is 4.00. The third kappa shape index (κ3) is 4.24. The van der Waals surface area contributed by atoms with Crippen molar-refractivity contribution in [3.8, 4) is 17.2 Å². The molecule has 1 aliphatic rings. The Bertz CT molecular complexity index is 1110. The third-order valence-electron chi connectivity index (χ3n) is 4.00. The van der Waals surface area contributed by atoms with E-state index in [1.165, 1.54) is 6.21 Å². The van der Waals surface area contributed by atoms with Crippen LogP contribution in [0.4, 0.5) is 0 Å². The molecule has 0 atom stereocenters. The van der Waals surface area contributed by atoms with E-state index in [0.29, 0.717) is 28.4 Å². The van der Waals surface area contributed by atoms with Gasteiger partial charge in [-0.25, -0.2) is 10.2 Å². The standard InChI is InChI=1S/C20H16N4O5/c1-12-7-16(23-22-12)19(25)24-21-10-13-3-2-4-15(8-13)29-20(26)14-5-6-17-18(9-14)28-11-27-17/h2-10H,11H2,1H3,(H,22,23)(H,24,25)/b21-10+. The smallest absolute Gasteiger partial charge is 0.343 e. The van der Waals surface area contributed by atoms with Gasteiger partial charge in [-0.1, -0.05) is 12.1 Å². The van der Waals surface area contributed by atoms with E-state index >= 15 is 0 Å². The van der Waals surface area contributed by atoms with E-state index in [-0.39, 0.29) is 12.5 Å². The molecule has 0 fully saturated rings. The van der Waals surface area contributed by atoms with Gasteiger partial charge in [0.25, 0.3) is 5.91 Å². The largest absolute Gasteiger partial charge is 0.454 e. The average Bonchev–Trinajstić information content (AvgIpc) is 3.36. The monoisotopic (exact) mass is 392 g/mol. The number of hydrogen-bond donors (Lipinski definition) is 2. The summed E-state index contributed by atoms with van der Waals surface area (Å²) in [7, 11) is 0. The van der Waals surface area contributed by atoms with Gasteiger partial charge < -0.3 is 14.2 Å². The Morgan fingerprint density at radius 2 is 2.03 bits per heavy atom. The number of nitrogens with one attached hydrogen (secondary N) is 2. The molecular formula is C20H16N4O5. The van der Waals surface area contributed by atoms with Crippen molar-refractivity contribution in [3.05, 3.63) is 71.0 Å². The Hall–Kier alpha value is -4.14. The van der Waals surface area contributed by atoms with E-state index in [0.717, 1.165) is 5.69 Å². The summed E-state index contributed by atoms with van der Waals surface area (Å²) >= 11 is 0. The number of H-pyrrole nitrogens is 1. The molecule has 9 nitrogen and oxygen atoms in total. The van der Waals surface area contributed by atoms with Crippen LogP contribution in [0.5, 0.6) is 17.2 Å². The maximum atomic E-state index is 12.4. The molecular weight excluding hydrogens is 376 g/mol. The summed E-state index contributed by atoms with van der Waals surface area (Å²) in [5, 5.41) is 10.4. The second kappa shape index (κ2) is 7.85. The van der Waals surface area contributed by atoms with Crippen LogP contribution in [0.2, 0.25) is 0 Å². The molecule has 2 N–H and O–H groups in total. The second-order valence-electron chi connectivity index (χ2n) is 6.17. The topological polar surface area (TPSA) is 115 Å². The highest BCUT2D eigenvalue weighted by Gasteiger charge is 2.17. The predicted octanol–water partition coefficient (Wildman–Crippen LogP) is 2.43. The lowest BCUT2D eigenvalue weighted by molar-refractivity contribution is 0.0734. The molecule has 0 bridgehead atoms. The zero-order chi connectivity index (χ0) is 20.2. The summed E-state index contributed by atoms with van der Waals surface area (Å²) in [6.45, 7) is 1.93. The van der Waals surface area contributed by atoms with Crippen molar-refractivity contribution in [2.45, 2.75) is 6.92 Å². The Morgan fingerprint density at radius 3 is 2.86 bits per heavy atom. The first-order valence-electron chi connectivity index (χ1n) is 8.66. The van der Waals surface area contributed by atoms with Crippen LogP contribution in [0.15, 0.2) is 53.6 Å². The van der Waals surface area contributed by atoms with E-state index < -0.39 is 11.9 Å². The molecule has 1 aliphatic heterocycles. The maximum absolute atomic E-state index is 12.4. The van der Waals surface area contributed by atoms with Crippen molar-refractivity contribution in [2.75, 3.05) is 6.79 Å². The number of aromatic amines is 1. The van der Waals surface area contributed by atoms with Crippen LogP contribution in [-0.4, -0.2) is 35.1 Å². The highest BCUT2D eigenvalue weighted by molar-refractivity contribution is 5.93. The Morgan fingerprint density at radius 1 is 1.17 bits per heavy atom. The van der Waals surface area contributed by atoms with Crippen molar-refractivity contribution >= 4 is 18.1 Å². The van der Waals surface area contributed by atoms with Crippen LogP contribution in [0.1, 0.15) is 32.1 Å². The Labute approximate surface area is 165 Å². The molecule has 1 amide bonds. The first-order valence-corrected chi connectivity index (χ1v) is 8.66. The zero-order valence-electron chi connectivity index (χ0n) is 15.3. The minimum atomic E-state index is -0.528. The van der Waals surface area contributed by atoms with Crippen molar-refractivity contribution < 1.29 is 23.8 Å². The van der Waals surface area contributed by atoms with E-state index in [9.17, 15) is 9.59 Å². The first kappa shape index (κ1) is 18.2. The molecule has 2 aromatic carbocycles. The lowest BCUT2D eigenvalue weighted by Gasteiger charge is -2.06. The van der Waals surface area contributed by atoms with Gasteiger partial charge in [0, 0.05) is 5.69 Å². The van der Waals surface area contributed by atoms with Crippen molar-refractivity contribution in [3.63, 3.8) is 0 Å². The number of aromatic nitrogens is 2. The van der Waals surface area contributed by atoms with Gasteiger partial charge in [-0.15, -0.1) is 0 Å². The number of aryl methyl sites for hydroxylation is 1. The lowest BCUT2D eigenvalue weighted by Crippen LogP contribution is -2.18. The number of esters is 1. The van der Waals surface area contributed by atoms with E-state index in [2.05, 4.69) is 20.7 Å². The summed E-state index contributed by atoms with van der Waals surface area (Å²) in [6, 6.07) is 13.2. The first-order chi connectivity index (χ1) is 14.1. The molecule has 3 aromatic rings. The summed E-state index contributed by atoms with van der Waals surface area (Å²) in [6.07, 6.45) is 1.44. The SMILES string of the molecule is Cc1cc(C(=O)N/N=C/c2cccc(OC(=O)c3ccc4c(c3)OCO4)c2)n[nH]1. The highest BCUT2D eigenvalue weighted by Crippen LogP contribution is 2.32. The Balaban J connectivity index is 1.39. The molecule has 1 aromatic heterocycles. The average molecular weight is 392 g/mol. The van der Waals surface area contributed by atoms with Gasteiger partial charge in [0.05, 0.1) is 11.8 Å².